The molecule has 1 saturated heterocycles. The molecular formula is C14H20FNO. The van der Waals surface area contributed by atoms with Crippen molar-refractivity contribution >= 4 is 0 Å². The number of nitrogens with two attached hydrogens (primary N) is 1. The summed E-state index contributed by atoms with van der Waals surface area (Å²) in [6, 6.07) is 5.10. The standard InChI is InChI=1S/C14H20FNO/c1-10-9-11(4-6-13(10)15)14(16)7-5-12-3-2-8-17-12/h4,6,9,12,14H,2-3,5,7-8,16H2,1H3. The lowest BCUT2D eigenvalue weighted by atomic mass is 9.98. The van der Waals surface area contributed by atoms with E-state index in [1.165, 1.54) is 6.07 Å². The van der Waals surface area contributed by atoms with Crippen LogP contribution in [-0.4, -0.2) is 12.7 Å². The molecule has 2 atom stereocenters. The summed E-state index contributed by atoms with van der Waals surface area (Å²) in [7, 11) is 0. The second kappa shape index (κ2) is 5.61. The van der Waals surface area contributed by atoms with E-state index < -0.39 is 0 Å². The zero-order valence-corrected chi connectivity index (χ0v) is 10.3. The van der Waals surface area contributed by atoms with Crippen molar-refractivity contribution in [3.05, 3.63) is 35.1 Å². The van der Waals surface area contributed by atoms with Crippen molar-refractivity contribution in [3.8, 4) is 0 Å². The van der Waals surface area contributed by atoms with Gasteiger partial charge >= 0.3 is 0 Å². The van der Waals surface area contributed by atoms with Crippen LogP contribution in [0.15, 0.2) is 18.2 Å². The van der Waals surface area contributed by atoms with E-state index in [0.717, 1.165) is 37.9 Å². The van der Waals surface area contributed by atoms with Crippen molar-refractivity contribution in [2.45, 2.75) is 44.8 Å². The lowest BCUT2D eigenvalue weighted by molar-refractivity contribution is 0.101. The summed E-state index contributed by atoms with van der Waals surface area (Å²) in [4.78, 5) is 0. The number of ether oxygens (including phenoxy) is 1. The average Bonchev–Trinajstić information content (AvgIpc) is 2.82. The van der Waals surface area contributed by atoms with E-state index in [9.17, 15) is 4.39 Å². The van der Waals surface area contributed by atoms with Crippen LogP contribution in [0, 0.1) is 12.7 Å². The number of rotatable bonds is 4. The molecule has 1 aliphatic heterocycles. The Hall–Kier alpha value is -0.930. The van der Waals surface area contributed by atoms with Crippen molar-refractivity contribution in [2.75, 3.05) is 6.61 Å². The Morgan fingerprint density at radius 2 is 2.35 bits per heavy atom. The van der Waals surface area contributed by atoms with Crippen LogP contribution in [0.5, 0.6) is 0 Å². The Morgan fingerprint density at radius 3 is 3.00 bits per heavy atom. The molecule has 1 heterocycles. The van der Waals surface area contributed by atoms with E-state index in [1.807, 2.05) is 6.07 Å². The number of halogens is 1. The molecule has 1 aliphatic rings. The summed E-state index contributed by atoms with van der Waals surface area (Å²) >= 11 is 0. The molecule has 1 aromatic rings. The smallest absolute Gasteiger partial charge is 0.126 e. The third kappa shape index (κ3) is 3.27. The third-order valence-electron chi connectivity index (χ3n) is 3.43. The first-order valence-electron chi connectivity index (χ1n) is 6.30. The van der Waals surface area contributed by atoms with Crippen molar-refractivity contribution in [2.24, 2.45) is 5.73 Å². The molecule has 1 aromatic carbocycles. The van der Waals surface area contributed by atoms with Gasteiger partial charge in [0.1, 0.15) is 5.82 Å². The van der Waals surface area contributed by atoms with Gasteiger partial charge in [0.25, 0.3) is 0 Å². The zero-order valence-electron chi connectivity index (χ0n) is 10.3. The predicted octanol–water partition coefficient (Wildman–Crippen LogP) is 3.09. The van der Waals surface area contributed by atoms with Crippen molar-refractivity contribution in [1.29, 1.82) is 0 Å². The van der Waals surface area contributed by atoms with Gasteiger partial charge in [-0.15, -0.1) is 0 Å². The van der Waals surface area contributed by atoms with Crippen molar-refractivity contribution < 1.29 is 9.13 Å². The second-order valence-electron chi connectivity index (χ2n) is 4.83. The van der Waals surface area contributed by atoms with Crippen LogP contribution in [0.25, 0.3) is 0 Å². The molecule has 0 bridgehead atoms. The van der Waals surface area contributed by atoms with E-state index in [2.05, 4.69) is 0 Å². The first-order valence-corrected chi connectivity index (χ1v) is 6.30. The van der Waals surface area contributed by atoms with Gasteiger partial charge in [-0.2, -0.15) is 0 Å². The molecular weight excluding hydrogens is 217 g/mol. The molecule has 0 saturated carbocycles. The van der Waals surface area contributed by atoms with E-state index in [-0.39, 0.29) is 11.9 Å². The fourth-order valence-electron chi connectivity index (χ4n) is 2.30. The van der Waals surface area contributed by atoms with Crippen LogP contribution in [0.3, 0.4) is 0 Å². The Bertz CT molecular complexity index is 374. The molecule has 94 valence electrons. The first kappa shape index (κ1) is 12.5. The summed E-state index contributed by atoms with van der Waals surface area (Å²) in [5, 5.41) is 0. The molecule has 2 unspecified atom stereocenters. The van der Waals surface area contributed by atoms with Crippen LogP contribution in [0.4, 0.5) is 4.39 Å². The molecule has 2 nitrogen and oxygen atoms in total. The van der Waals surface area contributed by atoms with Gasteiger partial charge in [-0.3, -0.25) is 0 Å². The summed E-state index contributed by atoms with van der Waals surface area (Å²) in [5.74, 6) is -0.167. The quantitative estimate of drug-likeness (QED) is 0.873. The van der Waals surface area contributed by atoms with Crippen LogP contribution in [0.1, 0.15) is 42.9 Å². The topological polar surface area (TPSA) is 35.2 Å². The lowest BCUT2D eigenvalue weighted by Crippen LogP contribution is -2.14. The van der Waals surface area contributed by atoms with E-state index in [1.54, 1.807) is 13.0 Å². The third-order valence-corrected chi connectivity index (χ3v) is 3.43. The molecule has 0 amide bonds. The monoisotopic (exact) mass is 237 g/mol. The molecule has 1 fully saturated rings. The predicted molar refractivity (Wildman–Crippen MR) is 66.3 cm³/mol. The molecule has 17 heavy (non-hydrogen) atoms. The largest absolute Gasteiger partial charge is 0.378 e. The molecule has 2 rings (SSSR count). The first-order chi connectivity index (χ1) is 8.16. The van der Waals surface area contributed by atoms with E-state index in [0.29, 0.717) is 11.7 Å². The van der Waals surface area contributed by atoms with Crippen molar-refractivity contribution in [1.82, 2.24) is 0 Å². The Kier molecular flexibility index (Phi) is 4.13. The highest BCUT2D eigenvalue weighted by Gasteiger charge is 2.17. The molecule has 0 spiro atoms. The maximum Gasteiger partial charge on any atom is 0.126 e. The molecule has 3 heteroatoms. The van der Waals surface area contributed by atoms with Crippen LogP contribution >= 0.6 is 0 Å². The Labute approximate surface area is 102 Å². The maximum atomic E-state index is 13.1. The van der Waals surface area contributed by atoms with Gasteiger partial charge in [0.05, 0.1) is 6.10 Å². The molecule has 0 aromatic heterocycles. The van der Waals surface area contributed by atoms with E-state index >= 15 is 0 Å². The highest BCUT2D eigenvalue weighted by atomic mass is 19.1. The highest BCUT2D eigenvalue weighted by molar-refractivity contribution is 5.26. The maximum absolute atomic E-state index is 13.1. The summed E-state index contributed by atoms with van der Waals surface area (Å²) in [6.45, 7) is 2.65. The Balaban J connectivity index is 1.89. The minimum Gasteiger partial charge on any atom is -0.378 e. The van der Waals surface area contributed by atoms with Crippen LogP contribution in [-0.2, 0) is 4.74 Å². The SMILES string of the molecule is Cc1cc(C(N)CCC2CCCO2)ccc1F. The highest BCUT2D eigenvalue weighted by Crippen LogP contribution is 2.23. The number of benzene rings is 1. The Morgan fingerprint density at radius 1 is 1.53 bits per heavy atom. The van der Waals surface area contributed by atoms with Gasteiger partial charge in [0, 0.05) is 12.6 Å². The van der Waals surface area contributed by atoms with Crippen molar-refractivity contribution in [3.63, 3.8) is 0 Å². The van der Waals surface area contributed by atoms with E-state index in [4.69, 9.17) is 10.5 Å². The minimum atomic E-state index is -0.167. The lowest BCUT2D eigenvalue weighted by Gasteiger charge is -2.15. The van der Waals surface area contributed by atoms with Gasteiger partial charge in [0.15, 0.2) is 0 Å². The fourth-order valence-corrected chi connectivity index (χ4v) is 2.30. The second-order valence-corrected chi connectivity index (χ2v) is 4.83. The zero-order chi connectivity index (χ0) is 12.3. The minimum absolute atomic E-state index is 0.0153. The van der Waals surface area contributed by atoms with Crippen LogP contribution < -0.4 is 5.73 Å². The van der Waals surface area contributed by atoms with Gasteiger partial charge < -0.3 is 10.5 Å². The molecule has 2 N–H and O–H groups in total. The van der Waals surface area contributed by atoms with Gasteiger partial charge in [-0.25, -0.2) is 4.39 Å². The van der Waals surface area contributed by atoms with Crippen LogP contribution in [0.2, 0.25) is 0 Å². The van der Waals surface area contributed by atoms with Gasteiger partial charge in [-0.05, 0) is 49.8 Å². The number of aryl methyl sites for hydroxylation is 1. The molecule has 0 radical (unpaired) electrons. The van der Waals surface area contributed by atoms with Gasteiger partial charge in [0.2, 0.25) is 0 Å². The summed E-state index contributed by atoms with van der Waals surface area (Å²) in [6.07, 6.45) is 4.58. The number of hydrogen-bond acceptors (Lipinski definition) is 2. The summed E-state index contributed by atoms with van der Waals surface area (Å²) in [5.41, 5.74) is 7.79. The van der Waals surface area contributed by atoms with Gasteiger partial charge in [-0.1, -0.05) is 12.1 Å². The fraction of sp³-hybridized carbons (Fsp3) is 0.571. The normalized spacial score (nSPS) is 21.7. The molecule has 0 aliphatic carbocycles. The number of hydrogen-bond donors (Lipinski definition) is 1. The summed E-state index contributed by atoms with van der Waals surface area (Å²) < 4.78 is 18.7. The average molecular weight is 237 g/mol.